The number of carboxylic acid groups (broad SMARTS) is 1. The van der Waals surface area contributed by atoms with E-state index in [0.29, 0.717) is 46.4 Å². The van der Waals surface area contributed by atoms with Crippen LogP contribution in [-0.4, -0.2) is 72.9 Å². The van der Waals surface area contributed by atoms with Crippen LogP contribution in [0.1, 0.15) is 54.4 Å². The molecule has 2 N–H and O–H groups in total. The number of carbonyl (C=O) groups is 2. The van der Waals surface area contributed by atoms with Gasteiger partial charge in [0.15, 0.2) is 5.75 Å². The fourth-order valence-corrected chi connectivity index (χ4v) is 6.50. The van der Waals surface area contributed by atoms with Crippen molar-refractivity contribution in [1.29, 1.82) is 0 Å². The van der Waals surface area contributed by atoms with Crippen molar-refractivity contribution in [2.75, 3.05) is 40.0 Å². The minimum Gasteiger partial charge on any atom is -0.487 e. The average Bonchev–Trinajstić information content (AvgIpc) is 3.88. The number of nitrogens with zero attached hydrogens (tertiary/aromatic N) is 2. The number of amides is 1. The maximum atomic E-state index is 14.1. The Labute approximate surface area is 291 Å². The van der Waals surface area contributed by atoms with Crippen molar-refractivity contribution in [2.24, 2.45) is 5.92 Å². The summed E-state index contributed by atoms with van der Waals surface area (Å²) < 4.78 is 16.8. The summed E-state index contributed by atoms with van der Waals surface area (Å²) in [6, 6.07) is 13.8. The molecule has 0 radical (unpaired) electrons. The number of aromatic nitrogens is 1. The van der Waals surface area contributed by atoms with E-state index < -0.39 is 5.97 Å². The van der Waals surface area contributed by atoms with Crippen molar-refractivity contribution < 1.29 is 28.9 Å². The van der Waals surface area contributed by atoms with Gasteiger partial charge in [0.2, 0.25) is 11.8 Å². The molecule has 2 aliphatic rings. The zero-order valence-electron chi connectivity index (χ0n) is 26.9. The molecule has 1 saturated carbocycles. The largest absolute Gasteiger partial charge is 0.487 e. The van der Waals surface area contributed by atoms with Crippen LogP contribution >= 0.6 is 34.8 Å². The standard InChI is InChI=1S/C33H38Cl3N3O4.C2H4O2/c1-21-15-29(35)32(30(36)16-21)43-14-13-42-31-8-4-23(18-38-31)26-9-11-37-19-27(26)33(40)39(25-5-6-25)20-24-17-22(10-12-41-2)3-7-28(24)34;1-2(3)4/h3-4,7-8,15-18,25-27,37H,5-6,9-14,19-20H2,1-2H3;1H3,(H,3,4)/t26-,27+;/m1./s1. The predicted molar refractivity (Wildman–Crippen MR) is 184 cm³/mol. The monoisotopic (exact) mass is 705 g/mol. The third kappa shape index (κ3) is 11.0. The molecule has 2 heterocycles. The first-order valence-electron chi connectivity index (χ1n) is 15.7. The Morgan fingerprint density at radius 3 is 2.32 bits per heavy atom. The molecule has 2 atom stereocenters. The summed E-state index contributed by atoms with van der Waals surface area (Å²) >= 11 is 19.1. The lowest BCUT2D eigenvalue weighted by molar-refractivity contribution is -0.138. The van der Waals surface area contributed by atoms with Gasteiger partial charge in [-0.3, -0.25) is 9.59 Å². The number of piperidine rings is 1. The van der Waals surface area contributed by atoms with Gasteiger partial charge in [0.25, 0.3) is 5.97 Å². The quantitative estimate of drug-likeness (QED) is 0.184. The van der Waals surface area contributed by atoms with Crippen LogP contribution in [0.2, 0.25) is 15.1 Å². The Hall–Kier alpha value is -3.08. The van der Waals surface area contributed by atoms with E-state index in [9.17, 15) is 4.79 Å². The summed E-state index contributed by atoms with van der Waals surface area (Å²) in [4.78, 5) is 29.7. The van der Waals surface area contributed by atoms with Crippen LogP contribution in [0.4, 0.5) is 0 Å². The van der Waals surface area contributed by atoms with Crippen molar-refractivity contribution in [3.63, 3.8) is 0 Å². The Morgan fingerprint density at radius 1 is 0.979 bits per heavy atom. The maximum absolute atomic E-state index is 14.1. The first kappa shape index (κ1) is 36.8. The van der Waals surface area contributed by atoms with Gasteiger partial charge in [-0.15, -0.1) is 0 Å². The molecule has 47 heavy (non-hydrogen) atoms. The van der Waals surface area contributed by atoms with Crippen molar-refractivity contribution in [3.8, 4) is 11.6 Å². The molecule has 1 aliphatic carbocycles. The number of pyridine rings is 1. The van der Waals surface area contributed by atoms with Crippen LogP contribution in [0.15, 0.2) is 48.7 Å². The van der Waals surface area contributed by atoms with Gasteiger partial charge in [-0.1, -0.05) is 53.0 Å². The molecule has 254 valence electrons. The van der Waals surface area contributed by atoms with Crippen molar-refractivity contribution in [1.82, 2.24) is 15.2 Å². The number of halogens is 3. The minimum absolute atomic E-state index is 0.0641. The van der Waals surface area contributed by atoms with Gasteiger partial charge in [-0.2, -0.15) is 0 Å². The number of rotatable bonds is 13. The number of methoxy groups -OCH3 is 1. The van der Waals surface area contributed by atoms with Crippen molar-refractivity contribution >= 4 is 46.7 Å². The molecule has 0 unspecified atom stereocenters. The second-order valence-electron chi connectivity index (χ2n) is 11.8. The van der Waals surface area contributed by atoms with Crippen LogP contribution in [0.25, 0.3) is 0 Å². The Bertz CT molecular complexity index is 1480. The normalized spacial score (nSPS) is 17.3. The highest BCUT2D eigenvalue weighted by molar-refractivity contribution is 6.37. The summed E-state index contributed by atoms with van der Waals surface area (Å²) in [6.45, 7) is 6.20. The van der Waals surface area contributed by atoms with Crippen LogP contribution in [0.3, 0.4) is 0 Å². The lowest BCUT2D eigenvalue weighted by Gasteiger charge is -2.35. The first-order chi connectivity index (χ1) is 22.6. The first-order valence-corrected chi connectivity index (χ1v) is 16.8. The maximum Gasteiger partial charge on any atom is 0.300 e. The summed E-state index contributed by atoms with van der Waals surface area (Å²) in [6.07, 6.45) is 5.55. The van der Waals surface area contributed by atoms with Gasteiger partial charge in [0.05, 0.1) is 22.6 Å². The van der Waals surface area contributed by atoms with Crippen molar-refractivity contribution in [3.05, 3.63) is 86.0 Å². The highest BCUT2D eigenvalue weighted by Gasteiger charge is 2.40. The lowest BCUT2D eigenvalue weighted by atomic mass is 9.81. The lowest BCUT2D eigenvalue weighted by Crippen LogP contribution is -2.47. The molecule has 0 spiro atoms. The number of carbonyl (C=O) groups excluding carboxylic acids is 1. The molecule has 1 aromatic heterocycles. The minimum atomic E-state index is -0.833. The van der Waals surface area contributed by atoms with E-state index in [1.165, 1.54) is 0 Å². The Kier molecular flexibility index (Phi) is 14.0. The number of nitrogens with one attached hydrogen (secondary N) is 1. The number of hydrogen-bond acceptors (Lipinski definition) is 7. The fraction of sp³-hybridized carbons (Fsp3) is 0.457. The molecular formula is C35H42Cl3N3O6. The number of carboxylic acids is 1. The summed E-state index contributed by atoms with van der Waals surface area (Å²) in [7, 11) is 1.70. The molecule has 2 aromatic carbocycles. The molecular weight excluding hydrogens is 665 g/mol. The summed E-state index contributed by atoms with van der Waals surface area (Å²) in [5, 5.41) is 12.5. The fourth-order valence-electron chi connectivity index (χ4n) is 5.62. The number of ether oxygens (including phenoxy) is 3. The summed E-state index contributed by atoms with van der Waals surface area (Å²) in [5.74, 6) is 0.158. The average molecular weight is 707 g/mol. The highest BCUT2D eigenvalue weighted by Crippen LogP contribution is 2.37. The van der Waals surface area contributed by atoms with E-state index in [0.717, 1.165) is 61.4 Å². The van der Waals surface area contributed by atoms with Gasteiger partial charge in [-0.05, 0) is 85.5 Å². The summed E-state index contributed by atoms with van der Waals surface area (Å²) in [5.41, 5.74) is 4.14. The number of aliphatic carboxylic acids is 1. The molecule has 0 bridgehead atoms. The molecule has 3 aromatic rings. The van der Waals surface area contributed by atoms with Crippen LogP contribution < -0.4 is 14.8 Å². The van der Waals surface area contributed by atoms with Gasteiger partial charge in [0, 0.05) is 50.5 Å². The predicted octanol–water partition coefficient (Wildman–Crippen LogP) is 6.97. The van der Waals surface area contributed by atoms with Gasteiger partial charge in [0.1, 0.15) is 13.2 Å². The van der Waals surface area contributed by atoms with Crippen LogP contribution in [0.5, 0.6) is 11.6 Å². The Balaban J connectivity index is 0.00000118. The van der Waals surface area contributed by atoms with Crippen LogP contribution in [-0.2, 0) is 27.3 Å². The second kappa shape index (κ2) is 17.9. The van der Waals surface area contributed by atoms with E-state index >= 15 is 0 Å². The molecule has 1 amide bonds. The second-order valence-corrected chi connectivity index (χ2v) is 13.0. The third-order valence-corrected chi connectivity index (χ3v) is 8.96. The third-order valence-electron chi connectivity index (χ3n) is 8.03. The van der Waals surface area contributed by atoms with E-state index in [2.05, 4.69) is 16.4 Å². The molecule has 1 aliphatic heterocycles. The van der Waals surface area contributed by atoms with E-state index in [4.69, 9.17) is 58.9 Å². The molecule has 9 nitrogen and oxygen atoms in total. The zero-order valence-corrected chi connectivity index (χ0v) is 29.2. The molecule has 1 saturated heterocycles. The number of benzene rings is 2. The topological polar surface area (TPSA) is 110 Å². The SMILES string of the molecule is CC(=O)O.COCCc1ccc(Cl)c(CN(C(=O)[C@H]2CNCC[C@@H]2c2ccc(OCCOc3c(Cl)cc(C)cc3Cl)nc2)C2CC2)c1. The van der Waals surface area contributed by atoms with E-state index in [-0.39, 0.29) is 37.0 Å². The highest BCUT2D eigenvalue weighted by atomic mass is 35.5. The van der Waals surface area contributed by atoms with E-state index in [1.807, 2.05) is 54.4 Å². The smallest absolute Gasteiger partial charge is 0.300 e. The molecule has 12 heteroatoms. The number of aryl methyl sites for hydroxylation is 1. The van der Waals surface area contributed by atoms with E-state index in [1.54, 1.807) is 7.11 Å². The number of hydrogen-bond donors (Lipinski definition) is 2. The Morgan fingerprint density at radius 2 is 1.68 bits per heavy atom. The molecule has 5 rings (SSSR count). The zero-order chi connectivity index (χ0) is 33.9. The van der Waals surface area contributed by atoms with Gasteiger partial charge in [-0.25, -0.2) is 4.98 Å². The van der Waals surface area contributed by atoms with Crippen LogP contribution in [0, 0.1) is 12.8 Å². The van der Waals surface area contributed by atoms with Crippen molar-refractivity contribution in [2.45, 2.75) is 58.0 Å². The molecule has 2 fully saturated rings. The van der Waals surface area contributed by atoms with Gasteiger partial charge < -0.3 is 29.5 Å². The van der Waals surface area contributed by atoms with Gasteiger partial charge >= 0.3 is 0 Å².